The minimum Gasteiger partial charge on any atom is -0.393 e. The smallest absolute Gasteiger partial charge is 0.253 e. The Morgan fingerprint density at radius 2 is 2.14 bits per heavy atom. The molecule has 114 valence electrons. The van der Waals surface area contributed by atoms with E-state index in [2.05, 4.69) is 0 Å². The van der Waals surface area contributed by atoms with Crippen molar-refractivity contribution >= 4 is 17.5 Å². The fourth-order valence-corrected chi connectivity index (χ4v) is 2.56. The normalized spacial score (nSPS) is 14.8. The number of fused-ring (bicyclic) bond motifs is 1. The van der Waals surface area contributed by atoms with Crippen LogP contribution in [0.2, 0.25) is 0 Å². The highest BCUT2D eigenvalue weighted by molar-refractivity contribution is 5.97. The largest absolute Gasteiger partial charge is 0.393 e. The Hall–Kier alpha value is -1.88. The molecule has 1 aliphatic heterocycles. The van der Waals surface area contributed by atoms with Crippen LogP contribution in [0.5, 0.6) is 0 Å². The van der Waals surface area contributed by atoms with Crippen LogP contribution in [0.25, 0.3) is 0 Å². The first-order valence-corrected chi connectivity index (χ1v) is 7.24. The number of carbonyl (C=O) groups excluding carboxylic acids is 2. The molecule has 2 rings (SSSR count). The van der Waals surface area contributed by atoms with Crippen molar-refractivity contribution in [1.29, 1.82) is 0 Å². The van der Waals surface area contributed by atoms with Crippen LogP contribution < -0.4 is 4.90 Å². The van der Waals surface area contributed by atoms with Gasteiger partial charge >= 0.3 is 0 Å². The first kappa shape index (κ1) is 15.5. The number of hydrogen-bond acceptors (Lipinski definition) is 3. The van der Waals surface area contributed by atoms with Gasteiger partial charge in [-0.05, 0) is 43.5 Å². The van der Waals surface area contributed by atoms with Crippen molar-refractivity contribution in [2.75, 3.05) is 25.0 Å². The van der Waals surface area contributed by atoms with E-state index < -0.39 is 6.10 Å². The van der Waals surface area contributed by atoms with Crippen molar-refractivity contribution in [2.45, 2.75) is 32.8 Å². The maximum Gasteiger partial charge on any atom is 0.253 e. The summed E-state index contributed by atoms with van der Waals surface area (Å²) in [6.45, 7) is 4.47. The summed E-state index contributed by atoms with van der Waals surface area (Å²) >= 11 is 0. The summed E-state index contributed by atoms with van der Waals surface area (Å²) in [5, 5.41) is 9.29. The predicted molar refractivity (Wildman–Crippen MR) is 81.4 cm³/mol. The molecule has 1 atom stereocenters. The number of carbonyl (C=O) groups is 2. The van der Waals surface area contributed by atoms with E-state index >= 15 is 0 Å². The topological polar surface area (TPSA) is 60.9 Å². The van der Waals surface area contributed by atoms with Gasteiger partial charge in [-0.2, -0.15) is 0 Å². The van der Waals surface area contributed by atoms with E-state index in [-0.39, 0.29) is 11.8 Å². The molecule has 0 fully saturated rings. The fourth-order valence-electron chi connectivity index (χ4n) is 2.56. The second kappa shape index (κ2) is 6.26. The van der Waals surface area contributed by atoms with E-state index in [1.54, 1.807) is 36.8 Å². The van der Waals surface area contributed by atoms with Crippen LogP contribution in [-0.2, 0) is 11.2 Å². The highest BCUT2D eigenvalue weighted by Gasteiger charge is 2.23. The highest BCUT2D eigenvalue weighted by Crippen LogP contribution is 2.29. The van der Waals surface area contributed by atoms with Crippen molar-refractivity contribution in [1.82, 2.24) is 4.90 Å². The number of hydrogen-bond donors (Lipinski definition) is 1. The number of aliphatic hydroxyl groups is 1. The lowest BCUT2D eigenvalue weighted by Crippen LogP contribution is -2.29. The molecule has 0 aliphatic carbocycles. The molecule has 0 saturated heterocycles. The van der Waals surface area contributed by atoms with Gasteiger partial charge in [0.15, 0.2) is 0 Å². The lowest BCUT2D eigenvalue weighted by Gasteiger charge is -2.19. The summed E-state index contributed by atoms with van der Waals surface area (Å²) in [6.07, 6.45) is 0.933. The predicted octanol–water partition coefficient (Wildman–Crippen LogP) is 1.44. The van der Waals surface area contributed by atoms with Crippen molar-refractivity contribution in [2.24, 2.45) is 0 Å². The van der Waals surface area contributed by atoms with Crippen LogP contribution in [0.15, 0.2) is 18.2 Å². The van der Waals surface area contributed by atoms with Gasteiger partial charge in [-0.3, -0.25) is 9.59 Å². The lowest BCUT2D eigenvalue weighted by atomic mass is 10.1. The van der Waals surface area contributed by atoms with Crippen LogP contribution >= 0.6 is 0 Å². The maximum absolute atomic E-state index is 12.3. The van der Waals surface area contributed by atoms with Crippen molar-refractivity contribution in [3.63, 3.8) is 0 Å². The second-order valence-electron chi connectivity index (χ2n) is 5.63. The number of amides is 2. The van der Waals surface area contributed by atoms with Gasteiger partial charge in [0.25, 0.3) is 5.91 Å². The Balaban J connectivity index is 2.12. The maximum atomic E-state index is 12.3. The Morgan fingerprint density at radius 3 is 2.76 bits per heavy atom. The number of rotatable bonds is 4. The van der Waals surface area contributed by atoms with Crippen LogP contribution in [0.3, 0.4) is 0 Å². The van der Waals surface area contributed by atoms with E-state index in [1.807, 2.05) is 12.1 Å². The van der Waals surface area contributed by atoms with Crippen LogP contribution in [0.1, 0.15) is 36.2 Å². The molecule has 1 aromatic carbocycles. The zero-order valence-corrected chi connectivity index (χ0v) is 12.8. The van der Waals surface area contributed by atoms with Crippen molar-refractivity contribution in [3.05, 3.63) is 29.3 Å². The average molecular weight is 290 g/mol. The number of anilines is 1. The molecule has 1 heterocycles. The van der Waals surface area contributed by atoms with Gasteiger partial charge in [0.05, 0.1) is 6.10 Å². The SMILES string of the molecule is CC(=O)N1CCc2cc(C(=O)N(C)CCC(C)O)ccc21. The van der Waals surface area contributed by atoms with E-state index in [0.717, 1.165) is 17.7 Å². The second-order valence-corrected chi connectivity index (χ2v) is 5.63. The quantitative estimate of drug-likeness (QED) is 0.912. The first-order valence-electron chi connectivity index (χ1n) is 7.24. The first-order chi connectivity index (χ1) is 9.90. The highest BCUT2D eigenvalue weighted by atomic mass is 16.3. The van der Waals surface area contributed by atoms with Gasteiger partial charge in [-0.15, -0.1) is 0 Å². The third kappa shape index (κ3) is 3.42. The molecule has 5 nitrogen and oxygen atoms in total. The zero-order valence-electron chi connectivity index (χ0n) is 12.8. The van der Waals surface area contributed by atoms with Gasteiger partial charge in [0.2, 0.25) is 5.91 Å². The molecule has 1 aliphatic rings. The molecule has 0 spiro atoms. The molecular formula is C16H22N2O3. The summed E-state index contributed by atoms with van der Waals surface area (Å²) in [5.74, 6) is -0.0263. The standard InChI is InChI=1S/C16H22N2O3/c1-11(19)6-8-17(3)16(21)14-4-5-15-13(10-14)7-9-18(15)12(2)20/h4-5,10-11,19H,6-9H2,1-3H3. The van der Waals surface area contributed by atoms with Crippen molar-refractivity contribution in [3.8, 4) is 0 Å². The average Bonchev–Trinajstić information content (AvgIpc) is 2.86. The Morgan fingerprint density at radius 1 is 1.43 bits per heavy atom. The third-order valence-electron chi connectivity index (χ3n) is 3.83. The molecule has 5 heteroatoms. The molecule has 2 amide bonds. The molecule has 0 bridgehead atoms. The third-order valence-corrected chi connectivity index (χ3v) is 3.83. The monoisotopic (exact) mass is 290 g/mol. The molecule has 0 saturated carbocycles. The summed E-state index contributed by atoms with van der Waals surface area (Å²) in [6, 6.07) is 5.49. The van der Waals surface area contributed by atoms with Crippen LogP contribution in [0, 0.1) is 0 Å². The van der Waals surface area contributed by atoms with E-state index in [0.29, 0.717) is 25.1 Å². The Bertz CT molecular complexity index is 554. The van der Waals surface area contributed by atoms with Crippen LogP contribution in [-0.4, -0.2) is 48.1 Å². The molecule has 21 heavy (non-hydrogen) atoms. The molecular weight excluding hydrogens is 268 g/mol. The van der Waals surface area contributed by atoms with Gasteiger partial charge in [-0.1, -0.05) is 0 Å². The van der Waals surface area contributed by atoms with Crippen LogP contribution in [0.4, 0.5) is 5.69 Å². The molecule has 0 radical (unpaired) electrons. The van der Waals surface area contributed by atoms with E-state index in [4.69, 9.17) is 0 Å². The Labute approximate surface area is 125 Å². The van der Waals surface area contributed by atoms with Gasteiger partial charge in [0.1, 0.15) is 0 Å². The molecule has 0 aromatic heterocycles. The number of benzene rings is 1. The Kier molecular flexibility index (Phi) is 4.63. The van der Waals surface area contributed by atoms with Crippen molar-refractivity contribution < 1.29 is 14.7 Å². The molecule has 1 N–H and O–H groups in total. The summed E-state index contributed by atoms with van der Waals surface area (Å²) in [7, 11) is 1.74. The molecule has 1 unspecified atom stereocenters. The minimum absolute atomic E-state index is 0.0295. The van der Waals surface area contributed by atoms with Gasteiger partial charge in [0, 0.05) is 38.3 Å². The summed E-state index contributed by atoms with van der Waals surface area (Å²) in [4.78, 5) is 27.2. The summed E-state index contributed by atoms with van der Waals surface area (Å²) in [5.41, 5.74) is 2.58. The number of nitrogens with zero attached hydrogens (tertiary/aromatic N) is 2. The number of aliphatic hydroxyl groups excluding tert-OH is 1. The van der Waals surface area contributed by atoms with Gasteiger partial charge in [-0.25, -0.2) is 0 Å². The fraction of sp³-hybridized carbons (Fsp3) is 0.500. The van der Waals surface area contributed by atoms with Gasteiger partial charge < -0.3 is 14.9 Å². The summed E-state index contributed by atoms with van der Waals surface area (Å²) < 4.78 is 0. The zero-order chi connectivity index (χ0) is 15.6. The van der Waals surface area contributed by atoms with E-state index in [1.165, 1.54) is 0 Å². The van der Waals surface area contributed by atoms with E-state index in [9.17, 15) is 14.7 Å². The minimum atomic E-state index is -0.413. The lowest BCUT2D eigenvalue weighted by molar-refractivity contribution is -0.116. The molecule has 1 aromatic rings.